The first kappa shape index (κ1) is 22.6. The molecule has 1 aromatic heterocycles. The topological polar surface area (TPSA) is 67.2 Å². The minimum absolute atomic E-state index is 0. The third kappa shape index (κ3) is 5.21. The van der Waals surface area contributed by atoms with Crippen LogP contribution in [0.15, 0.2) is 28.8 Å². The van der Waals surface area contributed by atoms with E-state index in [2.05, 4.69) is 15.6 Å². The molecule has 2 fully saturated rings. The Morgan fingerprint density at radius 3 is 2.61 bits per heavy atom. The van der Waals surface area contributed by atoms with Crippen LogP contribution in [-0.2, 0) is 11.2 Å². The van der Waals surface area contributed by atoms with E-state index in [1.54, 1.807) is 0 Å². The highest BCUT2D eigenvalue weighted by atomic mass is 35.5. The number of aromatic nitrogens is 1. The maximum atomic E-state index is 13.8. The van der Waals surface area contributed by atoms with Gasteiger partial charge in [-0.2, -0.15) is 0 Å². The smallest absolute Gasteiger partial charge is 0.220 e. The first-order chi connectivity index (χ1) is 12.6. The van der Waals surface area contributed by atoms with E-state index in [9.17, 15) is 13.6 Å². The number of hydrogen-bond acceptors (Lipinski definition) is 4. The van der Waals surface area contributed by atoms with Gasteiger partial charge in [-0.3, -0.25) is 4.79 Å². The summed E-state index contributed by atoms with van der Waals surface area (Å²) in [6.45, 7) is 0. The number of benzene rings is 1. The van der Waals surface area contributed by atoms with E-state index < -0.39 is 11.6 Å². The fourth-order valence-electron chi connectivity index (χ4n) is 3.94. The van der Waals surface area contributed by atoms with E-state index in [0.29, 0.717) is 24.4 Å². The van der Waals surface area contributed by atoms with Crippen molar-refractivity contribution >= 4 is 30.7 Å². The number of rotatable bonds is 5. The number of amides is 1. The van der Waals surface area contributed by atoms with Gasteiger partial charge in [0.1, 0.15) is 11.6 Å². The van der Waals surface area contributed by atoms with Crippen LogP contribution in [-0.4, -0.2) is 29.0 Å². The van der Waals surface area contributed by atoms with Gasteiger partial charge in [-0.25, -0.2) is 13.8 Å². The zero-order valence-electron chi connectivity index (χ0n) is 15.1. The number of carbonyl (C=O) groups is 1. The first-order valence-corrected chi connectivity index (χ1v) is 9.02. The fourth-order valence-corrected chi connectivity index (χ4v) is 3.94. The Balaban J connectivity index is 0.00000140. The number of oxazole rings is 1. The van der Waals surface area contributed by atoms with Gasteiger partial charge in [0.05, 0.1) is 11.8 Å². The van der Waals surface area contributed by atoms with Crippen LogP contribution in [0.2, 0.25) is 0 Å². The Labute approximate surface area is 174 Å². The van der Waals surface area contributed by atoms with Crippen LogP contribution in [0, 0.1) is 11.6 Å². The van der Waals surface area contributed by atoms with Gasteiger partial charge in [-0.05, 0) is 37.8 Å². The normalized spacial score (nSPS) is 22.9. The Kier molecular flexibility index (Phi) is 7.80. The summed E-state index contributed by atoms with van der Waals surface area (Å²) < 4.78 is 32.3. The molecule has 0 radical (unpaired) electrons. The molecule has 1 amide bonds. The van der Waals surface area contributed by atoms with Crippen molar-refractivity contribution in [3.8, 4) is 11.3 Å². The third-order valence-electron chi connectivity index (χ3n) is 5.15. The molecule has 2 N–H and O–H groups in total. The number of fused-ring (bicyclic) bond motifs is 2. The molecule has 154 valence electrons. The first-order valence-electron chi connectivity index (χ1n) is 9.02. The SMILES string of the molecule is Cl.Cl.O=C(CCc1ncc(-c2ccc(F)cc2F)o1)NC1CC2CCC(C1)N2. The van der Waals surface area contributed by atoms with Crippen LogP contribution in [0.25, 0.3) is 11.3 Å². The number of nitrogens with zero attached hydrogens (tertiary/aromatic N) is 1. The van der Waals surface area contributed by atoms with E-state index in [-0.39, 0.29) is 54.5 Å². The molecule has 2 saturated heterocycles. The summed E-state index contributed by atoms with van der Waals surface area (Å²) in [7, 11) is 0. The van der Waals surface area contributed by atoms with Crippen LogP contribution < -0.4 is 10.6 Å². The minimum Gasteiger partial charge on any atom is -0.441 e. The van der Waals surface area contributed by atoms with Gasteiger partial charge < -0.3 is 15.1 Å². The van der Waals surface area contributed by atoms with Gasteiger partial charge in [0.2, 0.25) is 5.91 Å². The number of piperidine rings is 1. The third-order valence-corrected chi connectivity index (χ3v) is 5.15. The molecule has 4 rings (SSSR count). The van der Waals surface area contributed by atoms with E-state index >= 15 is 0 Å². The molecule has 5 nitrogen and oxygen atoms in total. The largest absolute Gasteiger partial charge is 0.441 e. The van der Waals surface area contributed by atoms with Crippen LogP contribution in [0.5, 0.6) is 0 Å². The predicted molar refractivity (Wildman–Crippen MR) is 106 cm³/mol. The lowest BCUT2D eigenvalue weighted by molar-refractivity contribution is -0.122. The molecule has 2 aromatic rings. The van der Waals surface area contributed by atoms with Crippen LogP contribution in [0.1, 0.15) is 38.0 Å². The monoisotopic (exact) mass is 433 g/mol. The lowest BCUT2D eigenvalue weighted by Crippen LogP contribution is -2.48. The van der Waals surface area contributed by atoms with Crippen molar-refractivity contribution in [2.45, 2.75) is 56.7 Å². The van der Waals surface area contributed by atoms with Gasteiger partial charge in [0.25, 0.3) is 0 Å². The molecule has 2 unspecified atom stereocenters. The van der Waals surface area contributed by atoms with Crippen LogP contribution >= 0.6 is 24.8 Å². The summed E-state index contributed by atoms with van der Waals surface area (Å²) in [5.74, 6) is -0.777. The quantitative estimate of drug-likeness (QED) is 0.752. The second-order valence-electron chi connectivity index (χ2n) is 7.12. The predicted octanol–water partition coefficient (Wildman–Crippen LogP) is 3.80. The summed E-state index contributed by atoms with van der Waals surface area (Å²) in [4.78, 5) is 16.3. The summed E-state index contributed by atoms with van der Waals surface area (Å²) >= 11 is 0. The van der Waals surface area contributed by atoms with Crippen LogP contribution in [0.3, 0.4) is 0 Å². The van der Waals surface area contributed by atoms with Crippen molar-refractivity contribution in [2.24, 2.45) is 0 Å². The Hall–Kier alpha value is -1.70. The molecule has 9 heteroatoms. The zero-order chi connectivity index (χ0) is 18.1. The molecule has 0 aliphatic carbocycles. The lowest BCUT2D eigenvalue weighted by Gasteiger charge is -2.29. The number of nitrogens with one attached hydrogen (secondary N) is 2. The highest BCUT2D eigenvalue weighted by Crippen LogP contribution is 2.27. The maximum Gasteiger partial charge on any atom is 0.220 e. The number of aryl methyl sites for hydroxylation is 1. The molecule has 2 aliphatic heterocycles. The summed E-state index contributed by atoms with van der Waals surface area (Å²) in [5, 5.41) is 6.64. The van der Waals surface area contributed by atoms with Crippen molar-refractivity contribution in [1.82, 2.24) is 15.6 Å². The van der Waals surface area contributed by atoms with Crippen molar-refractivity contribution in [2.75, 3.05) is 0 Å². The van der Waals surface area contributed by atoms with Crippen molar-refractivity contribution in [3.63, 3.8) is 0 Å². The highest BCUT2D eigenvalue weighted by molar-refractivity contribution is 5.85. The molecule has 3 heterocycles. The van der Waals surface area contributed by atoms with Gasteiger partial charge >= 0.3 is 0 Å². The Bertz CT molecular complexity index is 806. The number of halogens is 4. The molecule has 2 aliphatic rings. The second kappa shape index (κ2) is 9.67. The summed E-state index contributed by atoms with van der Waals surface area (Å²) in [6, 6.07) is 4.57. The molecule has 2 atom stereocenters. The van der Waals surface area contributed by atoms with E-state index in [1.807, 2.05) is 0 Å². The molecule has 0 saturated carbocycles. The number of carbonyl (C=O) groups excluding carboxylic acids is 1. The van der Waals surface area contributed by atoms with E-state index in [4.69, 9.17) is 4.42 Å². The zero-order valence-corrected chi connectivity index (χ0v) is 16.8. The molecular weight excluding hydrogens is 411 g/mol. The van der Waals surface area contributed by atoms with E-state index in [0.717, 1.165) is 18.9 Å². The second-order valence-corrected chi connectivity index (χ2v) is 7.12. The van der Waals surface area contributed by atoms with Gasteiger partial charge in [0, 0.05) is 37.0 Å². The Morgan fingerprint density at radius 1 is 1.21 bits per heavy atom. The standard InChI is InChI=1S/C19H21F2N3O2.2ClH/c20-11-1-4-15(16(21)7-11)17-10-22-19(26-17)6-5-18(25)24-14-8-12-2-3-13(9-14)23-12;;/h1,4,7,10,12-14,23H,2-3,5-6,8-9H2,(H,24,25);2*1H. The van der Waals surface area contributed by atoms with E-state index in [1.165, 1.54) is 31.2 Å². The molecular formula is C19H23Cl2F2N3O2. The summed E-state index contributed by atoms with van der Waals surface area (Å²) in [5.41, 5.74) is 0.153. The Morgan fingerprint density at radius 2 is 1.93 bits per heavy atom. The van der Waals surface area contributed by atoms with Crippen LogP contribution in [0.4, 0.5) is 8.78 Å². The molecule has 28 heavy (non-hydrogen) atoms. The average molecular weight is 434 g/mol. The molecule has 1 aromatic carbocycles. The van der Waals surface area contributed by atoms with Gasteiger partial charge in [0.15, 0.2) is 11.7 Å². The fraction of sp³-hybridized carbons (Fsp3) is 0.474. The van der Waals surface area contributed by atoms with Crippen molar-refractivity contribution < 1.29 is 18.0 Å². The van der Waals surface area contributed by atoms with Gasteiger partial charge in [-0.1, -0.05) is 0 Å². The minimum atomic E-state index is -0.703. The lowest BCUT2D eigenvalue weighted by atomic mass is 9.99. The molecule has 2 bridgehead atoms. The molecule has 0 spiro atoms. The number of hydrogen-bond donors (Lipinski definition) is 2. The van der Waals surface area contributed by atoms with Crippen molar-refractivity contribution in [3.05, 3.63) is 41.9 Å². The maximum absolute atomic E-state index is 13.8. The highest BCUT2D eigenvalue weighted by Gasteiger charge is 2.33. The van der Waals surface area contributed by atoms with Crippen molar-refractivity contribution in [1.29, 1.82) is 0 Å². The average Bonchev–Trinajstić information content (AvgIpc) is 3.19. The summed E-state index contributed by atoms with van der Waals surface area (Å²) in [6.07, 6.45) is 6.35. The van der Waals surface area contributed by atoms with Gasteiger partial charge in [-0.15, -0.1) is 24.8 Å².